The molecule has 25 heavy (non-hydrogen) atoms. The molecule has 1 aliphatic heterocycles. The van der Waals surface area contributed by atoms with Crippen molar-refractivity contribution in [3.63, 3.8) is 0 Å². The fourth-order valence-corrected chi connectivity index (χ4v) is 2.60. The summed E-state index contributed by atoms with van der Waals surface area (Å²) < 4.78 is 10.6. The molecule has 1 fully saturated rings. The molecule has 0 atom stereocenters. The van der Waals surface area contributed by atoms with Crippen LogP contribution >= 0.6 is 0 Å². The predicted octanol–water partition coefficient (Wildman–Crippen LogP) is 2.24. The minimum absolute atomic E-state index is 0.0881. The van der Waals surface area contributed by atoms with Crippen molar-refractivity contribution in [3.05, 3.63) is 59.2 Å². The molecule has 2 aliphatic rings. The molecule has 6 nitrogen and oxygen atoms in total. The van der Waals surface area contributed by atoms with Crippen molar-refractivity contribution in [2.75, 3.05) is 6.79 Å². The Morgan fingerprint density at radius 3 is 2.32 bits per heavy atom. The summed E-state index contributed by atoms with van der Waals surface area (Å²) >= 11 is 0. The van der Waals surface area contributed by atoms with Gasteiger partial charge in [0.25, 0.3) is 11.8 Å². The van der Waals surface area contributed by atoms with E-state index in [4.69, 9.17) is 9.47 Å². The van der Waals surface area contributed by atoms with Gasteiger partial charge in [0.05, 0.1) is 0 Å². The lowest BCUT2D eigenvalue weighted by Crippen LogP contribution is -2.26. The first-order chi connectivity index (χ1) is 12.2. The molecule has 2 aromatic carbocycles. The van der Waals surface area contributed by atoms with Gasteiger partial charge in [0.1, 0.15) is 0 Å². The van der Waals surface area contributed by atoms with Gasteiger partial charge in [-0.05, 0) is 54.8 Å². The smallest absolute Gasteiger partial charge is 0.251 e. The number of nitrogens with one attached hydrogen (secondary N) is 2. The van der Waals surface area contributed by atoms with E-state index in [0.717, 1.165) is 24.2 Å². The Morgan fingerprint density at radius 2 is 1.60 bits per heavy atom. The maximum absolute atomic E-state index is 12.3. The molecule has 2 N–H and O–H groups in total. The van der Waals surface area contributed by atoms with Gasteiger partial charge in [-0.2, -0.15) is 0 Å². The summed E-state index contributed by atoms with van der Waals surface area (Å²) in [5.74, 6) is 1.13. The maximum Gasteiger partial charge on any atom is 0.251 e. The molecule has 2 amide bonds. The Kier molecular flexibility index (Phi) is 4.01. The first-order valence-corrected chi connectivity index (χ1v) is 8.27. The van der Waals surface area contributed by atoms with Crippen LogP contribution < -0.4 is 20.1 Å². The number of hydrogen-bond donors (Lipinski definition) is 2. The quantitative estimate of drug-likeness (QED) is 0.877. The third kappa shape index (κ3) is 3.57. The lowest BCUT2D eigenvalue weighted by molar-refractivity contribution is 0.0939. The van der Waals surface area contributed by atoms with Gasteiger partial charge >= 0.3 is 0 Å². The summed E-state index contributed by atoms with van der Waals surface area (Å²) in [7, 11) is 0. The molecule has 128 valence electrons. The number of carbonyl (C=O) groups excluding carboxylic acids is 2. The lowest BCUT2D eigenvalue weighted by atomic mass is 10.1. The van der Waals surface area contributed by atoms with Crippen molar-refractivity contribution < 1.29 is 19.1 Å². The van der Waals surface area contributed by atoms with Crippen LogP contribution in [0.5, 0.6) is 11.5 Å². The number of rotatable bonds is 5. The Balaban J connectivity index is 1.35. The normalized spacial score (nSPS) is 14.9. The number of carbonyl (C=O) groups is 2. The van der Waals surface area contributed by atoms with E-state index in [2.05, 4.69) is 10.6 Å². The number of amides is 2. The second-order valence-corrected chi connectivity index (χ2v) is 6.20. The highest BCUT2D eigenvalue weighted by molar-refractivity contribution is 5.98. The van der Waals surface area contributed by atoms with Crippen molar-refractivity contribution >= 4 is 11.8 Å². The molecule has 1 heterocycles. The van der Waals surface area contributed by atoms with Crippen molar-refractivity contribution in [2.24, 2.45) is 0 Å². The number of hydrogen-bond acceptors (Lipinski definition) is 4. The van der Waals surface area contributed by atoms with Gasteiger partial charge in [0.2, 0.25) is 6.79 Å². The molecule has 0 saturated heterocycles. The highest BCUT2D eigenvalue weighted by Gasteiger charge is 2.23. The Hall–Kier alpha value is -3.02. The molecule has 0 unspecified atom stereocenters. The number of benzene rings is 2. The zero-order chi connectivity index (χ0) is 17.2. The monoisotopic (exact) mass is 338 g/mol. The molecular formula is C19H18N2O4. The van der Waals surface area contributed by atoms with E-state index in [1.807, 2.05) is 18.2 Å². The fraction of sp³-hybridized carbons (Fsp3) is 0.263. The van der Waals surface area contributed by atoms with Gasteiger partial charge in [-0.3, -0.25) is 9.59 Å². The topological polar surface area (TPSA) is 76.7 Å². The molecule has 0 bridgehead atoms. The zero-order valence-electron chi connectivity index (χ0n) is 13.6. The first-order valence-electron chi connectivity index (χ1n) is 8.27. The van der Waals surface area contributed by atoms with Gasteiger partial charge in [-0.15, -0.1) is 0 Å². The average Bonchev–Trinajstić information content (AvgIpc) is 3.33. The first kappa shape index (κ1) is 15.5. The minimum Gasteiger partial charge on any atom is -0.454 e. The molecule has 1 aliphatic carbocycles. The van der Waals surface area contributed by atoms with Gasteiger partial charge in [0, 0.05) is 23.7 Å². The highest BCUT2D eigenvalue weighted by atomic mass is 16.7. The molecule has 1 saturated carbocycles. The van der Waals surface area contributed by atoms with E-state index in [1.54, 1.807) is 24.3 Å². The van der Waals surface area contributed by atoms with E-state index >= 15 is 0 Å². The van der Waals surface area contributed by atoms with Crippen LogP contribution in [0.3, 0.4) is 0 Å². The molecule has 6 heteroatoms. The van der Waals surface area contributed by atoms with E-state index in [-0.39, 0.29) is 18.6 Å². The van der Waals surface area contributed by atoms with Crippen LogP contribution in [-0.2, 0) is 6.54 Å². The van der Waals surface area contributed by atoms with Crippen LogP contribution in [0.1, 0.15) is 39.1 Å². The van der Waals surface area contributed by atoms with Crippen LogP contribution in [0.4, 0.5) is 0 Å². The SMILES string of the molecule is O=C(NCc1ccc2c(c1)OCO2)c1ccc(C(=O)NC2CC2)cc1. The Bertz CT molecular complexity index is 813. The van der Waals surface area contributed by atoms with Crippen LogP contribution in [0.15, 0.2) is 42.5 Å². The van der Waals surface area contributed by atoms with E-state index < -0.39 is 0 Å². The molecule has 0 aromatic heterocycles. The summed E-state index contributed by atoms with van der Waals surface area (Å²) in [5.41, 5.74) is 2.01. The van der Waals surface area contributed by atoms with Gasteiger partial charge in [-0.25, -0.2) is 0 Å². The lowest BCUT2D eigenvalue weighted by Gasteiger charge is -2.07. The summed E-state index contributed by atoms with van der Waals surface area (Å²) in [6.07, 6.45) is 2.10. The summed E-state index contributed by atoms with van der Waals surface area (Å²) in [4.78, 5) is 24.2. The molecule has 4 rings (SSSR count). The average molecular weight is 338 g/mol. The number of ether oxygens (including phenoxy) is 2. The number of fused-ring (bicyclic) bond motifs is 1. The zero-order valence-corrected chi connectivity index (χ0v) is 13.6. The molecule has 0 spiro atoms. The second-order valence-electron chi connectivity index (χ2n) is 6.20. The van der Waals surface area contributed by atoms with E-state index in [9.17, 15) is 9.59 Å². The third-order valence-electron chi connectivity index (χ3n) is 4.21. The predicted molar refractivity (Wildman–Crippen MR) is 90.7 cm³/mol. The summed E-state index contributed by atoms with van der Waals surface area (Å²) in [6, 6.07) is 12.6. The molecule has 2 aromatic rings. The Labute approximate surface area is 145 Å². The molecular weight excluding hydrogens is 320 g/mol. The highest BCUT2D eigenvalue weighted by Crippen LogP contribution is 2.32. The largest absolute Gasteiger partial charge is 0.454 e. The van der Waals surface area contributed by atoms with Gasteiger partial charge < -0.3 is 20.1 Å². The van der Waals surface area contributed by atoms with Crippen molar-refractivity contribution in [1.29, 1.82) is 0 Å². The van der Waals surface area contributed by atoms with E-state index in [1.165, 1.54) is 0 Å². The summed E-state index contributed by atoms with van der Waals surface area (Å²) in [6.45, 7) is 0.616. The van der Waals surface area contributed by atoms with Crippen molar-refractivity contribution in [2.45, 2.75) is 25.4 Å². The standard InChI is InChI=1S/C19H18N2O4/c22-18(20-10-12-1-8-16-17(9-12)25-11-24-16)13-2-4-14(5-3-13)19(23)21-15-6-7-15/h1-5,8-9,15H,6-7,10-11H2,(H,20,22)(H,21,23). The summed E-state index contributed by atoms with van der Waals surface area (Å²) in [5, 5.41) is 5.79. The van der Waals surface area contributed by atoms with Crippen molar-refractivity contribution in [1.82, 2.24) is 10.6 Å². The molecule has 0 radical (unpaired) electrons. The maximum atomic E-state index is 12.3. The second kappa shape index (κ2) is 6.47. The van der Waals surface area contributed by atoms with Gasteiger partial charge in [0.15, 0.2) is 11.5 Å². The third-order valence-corrected chi connectivity index (χ3v) is 4.21. The fourth-order valence-electron chi connectivity index (χ4n) is 2.60. The van der Waals surface area contributed by atoms with Crippen LogP contribution in [0.25, 0.3) is 0 Å². The van der Waals surface area contributed by atoms with E-state index in [0.29, 0.717) is 29.5 Å². The van der Waals surface area contributed by atoms with Gasteiger partial charge in [-0.1, -0.05) is 6.07 Å². The van der Waals surface area contributed by atoms with Crippen molar-refractivity contribution in [3.8, 4) is 11.5 Å². The van der Waals surface area contributed by atoms with Crippen LogP contribution in [0.2, 0.25) is 0 Å². The minimum atomic E-state index is -0.188. The van der Waals surface area contributed by atoms with Crippen LogP contribution in [0, 0.1) is 0 Å². The Morgan fingerprint density at radius 1 is 0.920 bits per heavy atom. The van der Waals surface area contributed by atoms with Crippen LogP contribution in [-0.4, -0.2) is 24.6 Å².